The van der Waals surface area contributed by atoms with Gasteiger partial charge in [-0.3, -0.25) is 19.8 Å². The van der Waals surface area contributed by atoms with Gasteiger partial charge in [0.25, 0.3) is 5.69 Å². The van der Waals surface area contributed by atoms with Crippen LogP contribution in [-0.2, 0) is 11.3 Å². The first-order chi connectivity index (χ1) is 15.0. The molecule has 0 saturated carbocycles. The van der Waals surface area contributed by atoms with Gasteiger partial charge in [-0.2, -0.15) is 0 Å². The number of ether oxygens (including phenoxy) is 2. The van der Waals surface area contributed by atoms with Crippen molar-refractivity contribution in [2.24, 2.45) is 0 Å². The van der Waals surface area contributed by atoms with Crippen LogP contribution in [0.3, 0.4) is 0 Å². The van der Waals surface area contributed by atoms with E-state index in [1.54, 1.807) is 7.11 Å². The molecular formula is C23H25N3O5. The smallest absolute Gasteiger partial charge is 0.269 e. The van der Waals surface area contributed by atoms with E-state index in [9.17, 15) is 14.9 Å². The standard InChI is InChI=1S/C23H25N3O5/c1-16-22(23(27)17-3-5-18(6-4-17)26(28)29)20-8-7-19(30-2)15-21(20)25(16)10-9-24-11-13-31-14-12-24/h3-8,15H,9-14H2,1-2H3. The minimum atomic E-state index is -0.469. The molecule has 0 aliphatic carbocycles. The van der Waals surface area contributed by atoms with Crippen molar-refractivity contribution in [2.75, 3.05) is 40.0 Å². The largest absolute Gasteiger partial charge is 0.497 e. The van der Waals surface area contributed by atoms with E-state index in [2.05, 4.69) is 9.47 Å². The van der Waals surface area contributed by atoms with Crippen molar-refractivity contribution in [3.8, 4) is 5.75 Å². The number of nitro groups is 1. The Bertz CT molecular complexity index is 1110. The van der Waals surface area contributed by atoms with E-state index in [0.717, 1.165) is 61.7 Å². The summed E-state index contributed by atoms with van der Waals surface area (Å²) in [5, 5.41) is 11.8. The number of rotatable bonds is 7. The molecule has 8 nitrogen and oxygen atoms in total. The molecular weight excluding hydrogens is 398 g/mol. The van der Waals surface area contributed by atoms with Gasteiger partial charge in [-0.15, -0.1) is 0 Å². The first-order valence-corrected chi connectivity index (χ1v) is 10.3. The highest BCUT2D eigenvalue weighted by Gasteiger charge is 2.23. The lowest BCUT2D eigenvalue weighted by molar-refractivity contribution is -0.384. The second kappa shape index (κ2) is 8.87. The van der Waals surface area contributed by atoms with Crippen molar-refractivity contribution in [3.05, 3.63) is 69.4 Å². The summed E-state index contributed by atoms with van der Waals surface area (Å²) in [5.41, 5.74) is 2.83. The van der Waals surface area contributed by atoms with E-state index in [0.29, 0.717) is 11.1 Å². The van der Waals surface area contributed by atoms with Gasteiger partial charge in [0, 0.05) is 61.0 Å². The Labute approximate surface area is 180 Å². The maximum absolute atomic E-state index is 13.4. The van der Waals surface area contributed by atoms with E-state index in [1.807, 2.05) is 25.1 Å². The van der Waals surface area contributed by atoms with E-state index in [1.165, 1.54) is 24.3 Å². The molecule has 8 heteroatoms. The Hall–Kier alpha value is -3.23. The summed E-state index contributed by atoms with van der Waals surface area (Å²) in [4.78, 5) is 26.2. The highest BCUT2D eigenvalue weighted by atomic mass is 16.6. The van der Waals surface area contributed by atoms with Crippen LogP contribution in [0.1, 0.15) is 21.6 Å². The van der Waals surface area contributed by atoms with Gasteiger partial charge in [0.15, 0.2) is 5.78 Å². The zero-order valence-corrected chi connectivity index (χ0v) is 17.7. The summed E-state index contributed by atoms with van der Waals surface area (Å²) >= 11 is 0. The zero-order chi connectivity index (χ0) is 22.0. The average Bonchev–Trinajstić information content (AvgIpc) is 3.08. The number of carbonyl (C=O) groups is 1. The molecule has 1 fully saturated rings. The minimum Gasteiger partial charge on any atom is -0.497 e. The van der Waals surface area contributed by atoms with Gasteiger partial charge in [0.1, 0.15) is 5.75 Å². The predicted molar refractivity (Wildman–Crippen MR) is 117 cm³/mol. The highest BCUT2D eigenvalue weighted by Crippen LogP contribution is 2.31. The number of benzene rings is 2. The third kappa shape index (κ3) is 4.17. The SMILES string of the molecule is COc1ccc2c(C(=O)c3ccc([N+](=O)[O-])cc3)c(C)n(CCN3CCOCC3)c2c1. The van der Waals surface area contributed by atoms with Crippen LogP contribution in [0.4, 0.5) is 5.69 Å². The van der Waals surface area contributed by atoms with E-state index in [-0.39, 0.29) is 11.5 Å². The Balaban J connectivity index is 1.72. The number of fused-ring (bicyclic) bond motifs is 1. The molecule has 2 aromatic carbocycles. The number of ketones is 1. The maximum atomic E-state index is 13.4. The Kier molecular flexibility index (Phi) is 6.01. The first kappa shape index (κ1) is 21.0. The molecule has 1 aliphatic heterocycles. The topological polar surface area (TPSA) is 86.8 Å². The monoisotopic (exact) mass is 423 g/mol. The molecule has 0 unspecified atom stereocenters. The number of methoxy groups -OCH3 is 1. The fourth-order valence-electron chi connectivity index (χ4n) is 4.10. The number of morpholine rings is 1. The number of aromatic nitrogens is 1. The molecule has 1 saturated heterocycles. The molecule has 31 heavy (non-hydrogen) atoms. The zero-order valence-electron chi connectivity index (χ0n) is 17.7. The minimum absolute atomic E-state index is 0.0362. The van der Waals surface area contributed by atoms with Crippen molar-refractivity contribution in [1.82, 2.24) is 9.47 Å². The lowest BCUT2D eigenvalue weighted by atomic mass is 10.00. The molecule has 1 aromatic heterocycles. The van der Waals surface area contributed by atoms with Crippen LogP contribution in [-0.4, -0.2) is 60.1 Å². The van der Waals surface area contributed by atoms with Crippen LogP contribution in [0.5, 0.6) is 5.75 Å². The number of nitrogens with zero attached hydrogens (tertiary/aromatic N) is 3. The molecule has 4 rings (SSSR count). The number of carbonyl (C=O) groups excluding carboxylic acids is 1. The third-order valence-corrected chi connectivity index (χ3v) is 5.84. The summed E-state index contributed by atoms with van der Waals surface area (Å²) in [6, 6.07) is 11.5. The van der Waals surface area contributed by atoms with E-state index < -0.39 is 4.92 Å². The summed E-state index contributed by atoms with van der Waals surface area (Å²) in [6.07, 6.45) is 0. The van der Waals surface area contributed by atoms with Gasteiger partial charge in [-0.1, -0.05) is 0 Å². The molecule has 3 aromatic rings. The van der Waals surface area contributed by atoms with Crippen LogP contribution in [0, 0.1) is 17.0 Å². The van der Waals surface area contributed by atoms with Gasteiger partial charge < -0.3 is 14.0 Å². The van der Waals surface area contributed by atoms with Gasteiger partial charge in [0.05, 0.1) is 36.3 Å². The predicted octanol–water partition coefficient (Wildman–Crippen LogP) is 3.43. The van der Waals surface area contributed by atoms with Gasteiger partial charge in [-0.05, 0) is 31.2 Å². The normalized spacial score (nSPS) is 14.6. The second-order valence-electron chi connectivity index (χ2n) is 7.58. The number of nitro benzene ring substituents is 1. The van der Waals surface area contributed by atoms with Crippen molar-refractivity contribution in [1.29, 1.82) is 0 Å². The molecule has 2 heterocycles. The highest BCUT2D eigenvalue weighted by molar-refractivity contribution is 6.17. The fraction of sp³-hybridized carbons (Fsp3) is 0.348. The number of non-ortho nitro benzene ring substituents is 1. The molecule has 0 amide bonds. The summed E-state index contributed by atoms with van der Waals surface area (Å²) in [5.74, 6) is 0.583. The molecule has 0 radical (unpaired) electrons. The van der Waals surface area contributed by atoms with Gasteiger partial charge in [-0.25, -0.2) is 0 Å². The molecule has 0 bridgehead atoms. The Morgan fingerprint density at radius 3 is 2.48 bits per heavy atom. The van der Waals surface area contributed by atoms with Crippen LogP contribution < -0.4 is 4.74 Å². The summed E-state index contributed by atoms with van der Waals surface area (Å²) in [6.45, 7) is 6.82. The van der Waals surface area contributed by atoms with Crippen molar-refractivity contribution >= 4 is 22.4 Å². The van der Waals surface area contributed by atoms with Crippen LogP contribution in [0.15, 0.2) is 42.5 Å². The molecule has 1 aliphatic rings. The van der Waals surface area contributed by atoms with Crippen molar-refractivity contribution in [3.63, 3.8) is 0 Å². The molecule has 0 atom stereocenters. The summed E-state index contributed by atoms with van der Waals surface area (Å²) < 4.78 is 13.0. The number of hydrogen-bond acceptors (Lipinski definition) is 6. The van der Waals surface area contributed by atoms with E-state index in [4.69, 9.17) is 9.47 Å². The number of hydrogen-bond donors (Lipinski definition) is 0. The summed E-state index contributed by atoms with van der Waals surface area (Å²) in [7, 11) is 1.62. The van der Waals surface area contributed by atoms with Crippen molar-refractivity contribution in [2.45, 2.75) is 13.5 Å². The van der Waals surface area contributed by atoms with Crippen LogP contribution in [0.2, 0.25) is 0 Å². The lowest BCUT2D eigenvalue weighted by Gasteiger charge is -2.27. The van der Waals surface area contributed by atoms with Gasteiger partial charge in [0.2, 0.25) is 0 Å². The van der Waals surface area contributed by atoms with Crippen molar-refractivity contribution < 1.29 is 19.2 Å². The van der Waals surface area contributed by atoms with Crippen LogP contribution in [0.25, 0.3) is 10.9 Å². The van der Waals surface area contributed by atoms with Crippen LogP contribution >= 0.6 is 0 Å². The first-order valence-electron chi connectivity index (χ1n) is 10.3. The maximum Gasteiger partial charge on any atom is 0.269 e. The lowest BCUT2D eigenvalue weighted by Crippen LogP contribution is -2.38. The Morgan fingerprint density at radius 1 is 1.13 bits per heavy atom. The molecule has 0 spiro atoms. The Morgan fingerprint density at radius 2 is 1.84 bits per heavy atom. The third-order valence-electron chi connectivity index (χ3n) is 5.84. The molecule has 0 N–H and O–H groups in total. The van der Waals surface area contributed by atoms with Gasteiger partial charge >= 0.3 is 0 Å². The average molecular weight is 423 g/mol. The quantitative estimate of drug-likeness (QED) is 0.329. The molecule has 162 valence electrons. The van der Waals surface area contributed by atoms with E-state index >= 15 is 0 Å². The fourth-order valence-corrected chi connectivity index (χ4v) is 4.10. The second-order valence-corrected chi connectivity index (χ2v) is 7.58.